The molecule has 21 heteroatoms. The second-order valence-electron chi connectivity index (χ2n) is 20.6. The molecule has 0 aromatic heterocycles. The number of nitrogens with two attached hydrogens (primary N) is 5. The van der Waals surface area contributed by atoms with Gasteiger partial charge in [0.15, 0.2) is 0 Å². The van der Waals surface area contributed by atoms with Gasteiger partial charge in [-0.3, -0.25) is 33.6 Å². The van der Waals surface area contributed by atoms with Crippen LogP contribution in [0.4, 0.5) is 0 Å². The second kappa shape index (κ2) is 52.5. The summed E-state index contributed by atoms with van der Waals surface area (Å²) in [4.78, 5) is 71.1. The van der Waals surface area contributed by atoms with E-state index in [1.54, 1.807) is 48.5 Å². The molecule has 0 saturated carbocycles. The van der Waals surface area contributed by atoms with Crippen LogP contribution in [-0.4, -0.2) is 111 Å². The molecule has 2 aromatic rings. The molecule has 17 N–H and O–H groups in total. The predicted octanol–water partition coefficient (Wildman–Crippen LogP) is 7.11. The number of hydrogen-bond donors (Lipinski definition) is 12. The molecule has 21 nitrogen and oxygen atoms in total. The lowest BCUT2D eigenvalue weighted by Gasteiger charge is -2.13. The molecule has 0 heterocycles. The molecule has 0 radical (unpaired) electrons. The fourth-order valence-electron chi connectivity index (χ4n) is 7.38. The molecule has 2 rings (SSSR count). The van der Waals surface area contributed by atoms with Crippen molar-refractivity contribution in [1.82, 2.24) is 0 Å². The first-order valence-electron chi connectivity index (χ1n) is 26.2. The van der Waals surface area contributed by atoms with E-state index in [1.807, 2.05) is 12.1 Å². The van der Waals surface area contributed by atoms with Crippen molar-refractivity contribution in [2.45, 2.75) is 146 Å². The smallest absolute Gasteiger partial charge is 0.303 e. The molecule has 0 saturated heterocycles. The van der Waals surface area contributed by atoms with E-state index < -0.39 is 42.4 Å². The normalized spacial score (nSPS) is 13.1. The number of hydrogen-bond acceptors (Lipinski definition) is 16. The van der Waals surface area contributed by atoms with Gasteiger partial charge < -0.3 is 73.9 Å². The zero-order valence-corrected chi connectivity index (χ0v) is 47.7. The number of rotatable bonds is 31. The van der Waals surface area contributed by atoms with E-state index in [-0.39, 0.29) is 74.6 Å². The van der Waals surface area contributed by atoms with Gasteiger partial charge in [0.25, 0.3) is 12.9 Å². The van der Waals surface area contributed by atoms with Crippen molar-refractivity contribution < 1.29 is 78.8 Å². The van der Waals surface area contributed by atoms with E-state index in [2.05, 4.69) is 78.7 Å². The average Bonchev–Trinajstić information content (AvgIpc) is 3.33. The number of benzene rings is 2. The van der Waals surface area contributed by atoms with E-state index >= 15 is 0 Å². The fraction of sp³-hybridized carbons (Fsp3) is 0.661. The number of carboxylic acid groups (broad SMARTS) is 5. The van der Waals surface area contributed by atoms with Crippen LogP contribution < -0.4 is 28.7 Å². The summed E-state index contributed by atoms with van der Waals surface area (Å²) in [5.74, 6) is -0.363. The maximum absolute atomic E-state index is 10.3. The Labute approximate surface area is 458 Å². The molecule has 0 amide bonds. The first-order chi connectivity index (χ1) is 36.0. The van der Waals surface area contributed by atoms with E-state index in [9.17, 15) is 33.6 Å². The quantitative estimate of drug-likeness (QED) is 0.0264. The molecule has 2 aromatic carbocycles. The summed E-state index contributed by atoms with van der Waals surface area (Å²) in [5, 5.41) is 60.5. The molecule has 0 fully saturated rings. The summed E-state index contributed by atoms with van der Waals surface area (Å²) in [6.45, 7) is 23.6. The van der Waals surface area contributed by atoms with Crippen molar-refractivity contribution in [3.8, 4) is 0 Å². The number of ether oxygens (including phenoxy) is 2. The Bertz CT molecular complexity index is 1530. The minimum Gasteiger partial charge on any atom is -0.481 e. The summed E-state index contributed by atoms with van der Waals surface area (Å²) in [5.41, 5.74) is 28.2. The van der Waals surface area contributed by atoms with E-state index in [4.69, 9.17) is 64.4 Å². The molecule has 446 valence electrons. The number of aliphatic hydroxyl groups excluding tert-OH is 2. The van der Waals surface area contributed by atoms with Gasteiger partial charge in [-0.15, -0.1) is 0 Å². The van der Waals surface area contributed by atoms with Crippen LogP contribution in [0.25, 0.3) is 0 Å². The molecule has 1 unspecified atom stereocenters. The highest BCUT2D eigenvalue weighted by Gasteiger charge is 2.16. The lowest BCUT2D eigenvalue weighted by Crippen LogP contribution is -2.19. The van der Waals surface area contributed by atoms with Crippen LogP contribution in [0.15, 0.2) is 60.7 Å². The van der Waals surface area contributed by atoms with Gasteiger partial charge in [0.1, 0.15) is 0 Å². The number of carbonyl (C=O) groups excluding carboxylic acids is 2. The van der Waals surface area contributed by atoms with Gasteiger partial charge in [-0.1, -0.05) is 130 Å². The second-order valence-corrected chi connectivity index (χ2v) is 20.6. The number of aliphatic carboxylic acids is 5. The summed E-state index contributed by atoms with van der Waals surface area (Å²) >= 11 is 0. The van der Waals surface area contributed by atoms with Crippen molar-refractivity contribution >= 4 is 42.8 Å². The highest BCUT2D eigenvalue weighted by atomic mass is 16.6. The zero-order valence-electron chi connectivity index (χ0n) is 47.7. The van der Waals surface area contributed by atoms with Crippen LogP contribution in [0, 0.1) is 59.2 Å². The van der Waals surface area contributed by atoms with Crippen molar-refractivity contribution in [3.63, 3.8) is 0 Å². The molecule has 77 heavy (non-hydrogen) atoms. The van der Waals surface area contributed by atoms with Crippen LogP contribution in [-0.2, 0) is 43.0 Å². The van der Waals surface area contributed by atoms with E-state index in [0.717, 1.165) is 32.1 Å². The number of carbonyl (C=O) groups is 7. The maximum Gasteiger partial charge on any atom is 0.303 e. The monoisotopic (exact) mass is 1100 g/mol. The zero-order chi connectivity index (χ0) is 60.5. The topological polar surface area (TPSA) is 410 Å². The Kier molecular flexibility index (Phi) is 54.8. The third-order valence-electron chi connectivity index (χ3n) is 10.5. The molecule has 0 aliphatic carbocycles. The highest BCUT2D eigenvalue weighted by molar-refractivity contribution is 5.68. The Balaban J connectivity index is -0.000000262. The summed E-state index contributed by atoms with van der Waals surface area (Å²) in [6, 6.07) is 17.4. The Morgan fingerprint density at radius 3 is 0.662 bits per heavy atom. The Hall–Kier alpha value is -5.55. The molecular weight excluding hydrogens is 999 g/mol. The van der Waals surface area contributed by atoms with Crippen molar-refractivity contribution in [1.29, 1.82) is 0 Å². The average molecular weight is 1100 g/mol. The van der Waals surface area contributed by atoms with Crippen LogP contribution in [0.3, 0.4) is 0 Å². The minimum atomic E-state index is -1.14. The summed E-state index contributed by atoms with van der Waals surface area (Å²) < 4.78 is 8.61. The molecule has 0 aliphatic heterocycles. The van der Waals surface area contributed by atoms with Crippen molar-refractivity contribution in [2.75, 3.05) is 32.7 Å². The van der Waals surface area contributed by atoms with Crippen LogP contribution in [0.2, 0.25) is 0 Å². The van der Waals surface area contributed by atoms with Crippen molar-refractivity contribution in [3.05, 3.63) is 71.8 Å². The van der Waals surface area contributed by atoms with E-state index in [1.165, 1.54) is 0 Å². The van der Waals surface area contributed by atoms with Crippen molar-refractivity contribution in [2.24, 2.45) is 87.8 Å². The van der Waals surface area contributed by atoms with Gasteiger partial charge in [-0.2, -0.15) is 0 Å². The van der Waals surface area contributed by atoms with Gasteiger partial charge in [-0.05, 0) is 124 Å². The summed E-state index contributed by atoms with van der Waals surface area (Å²) in [6.07, 6.45) is 3.25. The third kappa shape index (κ3) is 59.6. The first kappa shape index (κ1) is 80.3. The summed E-state index contributed by atoms with van der Waals surface area (Å²) in [7, 11) is 0. The number of carboxylic acids is 5. The largest absolute Gasteiger partial charge is 0.481 e. The molecular formula is C56H101N5O16. The molecule has 0 spiro atoms. The Morgan fingerprint density at radius 2 is 0.545 bits per heavy atom. The van der Waals surface area contributed by atoms with Crippen LogP contribution >= 0.6 is 0 Å². The highest BCUT2D eigenvalue weighted by Crippen LogP contribution is 2.18. The standard InChI is InChI=1S/5C8H17NO2.2C8H8O3/c5*1-6(2)3-7(5-9)4-8(10)11;2*9-6-11-8(10)7-4-2-1-3-5-7/h5*6-7H,3-5,9H2,1-2H3,(H,10,11);2*1-6,8,10H/t4*7-;;2*8-/m0000.11/s1. The molecule has 0 aliphatic rings. The predicted molar refractivity (Wildman–Crippen MR) is 298 cm³/mol. The SMILES string of the molecule is CC(C)CC(CN)CC(=O)O.CC(C)C[C@H](CN)CC(=O)O.CC(C)C[C@H](CN)CC(=O)O.CC(C)C[C@H](CN)CC(=O)O.CC(C)C[C@H](CN)CC(=O)O.O=CO[C@@H](O)c1ccccc1.O=CO[C@@H](O)c1ccccc1. The van der Waals surface area contributed by atoms with Gasteiger partial charge in [0.05, 0.1) is 0 Å². The Morgan fingerprint density at radius 1 is 0.377 bits per heavy atom. The van der Waals surface area contributed by atoms with Crippen LogP contribution in [0.1, 0.15) is 157 Å². The maximum atomic E-state index is 10.3. The van der Waals surface area contributed by atoms with Gasteiger partial charge in [-0.25, -0.2) is 0 Å². The lowest BCUT2D eigenvalue weighted by atomic mass is 9.94. The minimum absolute atomic E-state index is 0.146. The number of aliphatic hydroxyl groups is 2. The van der Waals surface area contributed by atoms with E-state index in [0.29, 0.717) is 73.4 Å². The first-order valence-corrected chi connectivity index (χ1v) is 26.2. The molecule has 7 atom stereocenters. The third-order valence-corrected chi connectivity index (χ3v) is 10.5. The van der Waals surface area contributed by atoms with Gasteiger partial charge >= 0.3 is 29.8 Å². The van der Waals surface area contributed by atoms with Gasteiger partial charge in [0, 0.05) is 43.2 Å². The van der Waals surface area contributed by atoms with Gasteiger partial charge in [0.2, 0.25) is 12.6 Å². The van der Waals surface area contributed by atoms with Crippen LogP contribution in [0.5, 0.6) is 0 Å². The lowest BCUT2D eigenvalue weighted by molar-refractivity contribution is -0.154. The molecule has 0 bridgehead atoms. The fourth-order valence-corrected chi connectivity index (χ4v) is 7.38.